The van der Waals surface area contributed by atoms with Gasteiger partial charge in [0.05, 0.1) is 22.2 Å². The zero-order valence-electron chi connectivity index (χ0n) is 9.37. The van der Waals surface area contributed by atoms with Crippen LogP contribution in [0.3, 0.4) is 0 Å². The molecule has 17 heavy (non-hydrogen) atoms. The van der Waals surface area contributed by atoms with E-state index in [4.69, 9.17) is 5.73 Å². The van der Waals surface area contributed by atoms with Gasteiger partial charge in [0.25, 0.3) is 0 Å². The second kappa shape index (κ2) is 5.70. The maximum absolute atomic E-state index is 12.1. The van der Waals surface area contributed by atoms with Crippen LogP contribution >= 0.6 is 0 Å². The summed E-state index contributed by atoms with van der Waals surface area (Å²) in [4.78, 5) is 4.96. The maximum atomic E-state index is 12.1. The summed E-state index contributed by atoms with van der Waals surface area (Å²) in [5.74, 6) is 0.500. The van der Waals surface area contributed by atoms with Gasteiger partial charge in [0.15, 0.2) is 0 Å². The minimum atomic E-state index is -1.01. The smallest absolute Gasteiger partial charge is 0.0574 e. The molecule has 2 N–H and O–H groups in total. The number of aromatic nitrogens is 1. The molecule has 1 atom stereocenters. The number of nitrogens with zero attached hydrogens (tertiary/aromatic N) is 1. The second-order valence-electron chi connectivity index (χ2n) is 3.66. The lowest BCUT2D eigenvalue weighted by Crippen LogP contribution is -2.02. The largest absolute Gasteiger partial charge is 0.325 e. The Morgan fingerprint density at radius 1 is 1.18 bits per heavy atom. The van der Waals surface area contributed by atoms with Crippen LogP contribution in [-0.2, 0) is 23.1 Å². The van der Waals surface area contributed by atoms with Gasteiger partial charge in [-0.2, -0.15) is 0 Å². The molecule has 1 aromatic heterocycles. The molecule has 88 valence electrons. The predicted molar refractivity (Wildman–Crippen MR) is 68.7 cm³/mol. The van der Waals surface area contributed by atoms with E-state index in [1.54, 1.807) is 6.20 Å². The van der Waals surface area contributed by atoms with Crippen molar-refractivity contribution in [2.45, 2.75) is 17.2 Å². The van der Waals surface area contributed by atoms with Crippen molar-refractivity contribution in [2.75, 3.05) is 0 Å². The fourth-order valence-corrected chi connectivity index (χ4v) is 2.65. The van der Waals surface area contributed by atoms with Gasteiger partial charge >= 0.3 is 0 Å². The van der Waals surface area contributed by atoms with E-state index in [1.165, 1.54) is 0 Å². The first-order valence-electron chi connectivity index (χ1n) is 5.37. The normalized spacial score (nSPS) is 12.3. The molecule has 0 aliphatic heterocycles. The fraction of sp³-hybridized carbons (Fsp3) is 0.154. The summed E-state index contributed by atoms with van der Waals surface area (Å²) < 4.78 is 12.1. The number of hydrogen-bond acceptors (Lipinski definition) is 3. The topological polar surface area (TPSA) is 56.0 Å². The molecular formula is C13H14N2OS. The average Bonchev–Trinajstić information content (AvgIpc) is 2.40. The molecule has 0 fully saturated rings. The molecule has 1 unspecified atom stereocenters. The van der Waals surface area contributed by atoms with Crippen molar-refractivity contribution in [2.24, 2.45) is 5.73 Å². The van der Waals surface area contributed by atoms with Gasteiger partial charge < -0.3 is 5.73 Å². The van der Waals surface area contributed by atoms with E-state index in [2.05, 4.69) is 4.98 Å². The zero-order chi connectivity index (χ0) is 12.1. The Bertz CT molecular complexity index is 514. The minimum Gasteiger partial charge on any atom is -0.325 e. The summed E-state index contributed by atoms with van der Waals surface area (Å²) in [6, 6.07) is 13.2. The SMILES string of the molecule is NCc1cc(CS(=O)c2ccccc2)ccn1. The van der Waals surface area contributed by atoms with Gasteiger partial charge in [0.2, 0.25) is 0 Å². The van der Waals surface area contributed by atoms with E-state index in [1.807, 2.05) is 42.5 Å². The molecular weight excluding hydrogens is 232 g/mol. The maximum Gasteiger partial charge on any atom is 0.0574 e. The van der Waals surface area contributed by atoms with E-state index in [0.717, 1.165) is 16.2 Å². The Hall–Kier alpha value is -1.52. The summed E-state index contributed by atoms with van der Waals surface area (Å²) in [6.45, 7) is 0.409. The van der Waals surface area contributed by atoms with Gasteiger partial charge in [-0.05, 0) is 29.8 Å². The van der Waals surface area contributed by atoms with Crippen molar-refractivity contribution >= 4 is 10.8 Å². The molecule has 1 aromatic carbocycles. The molecule has 0 aliphatic carbocycles. The molecule has 0 spiro atoms. The number of rotatable bonds is 4. The lowest BCUT2D eigenvalue weighted by molar-refractivity contribution is 0.682. The fourth-order valence-electron chi connectivity index (χ4n) is 1.54. The summed E-state index contributed by atoms with van der Waals surface area (Å²) in [5.41, 5.74) is 7.35. The van der Waals surface area contributed by atoms with Crippen LogP contribution in [0.25, 0.3) is 0 Å². The van der Waals surface area contributed by atoms with Crippen LogP contribution in [0.2, 0.25) is 0 Å². The molecule has 3 nitrogen and oxygen atoms in total. The van der Waals surface area contributed by atoms with Crippen LogP contribution in [0.5, 0.6) is 0 Å². The number of pyridine rings is 1. The van der Waals surface area contributed by atoms with Gasteiger partial charge in [0.1, 0.15) is 0 Å². The van der Waals surface area contributed by atoms with Crippen molar-refractivity contribution in [1.82, 2.24) is 4.98 Å². The van der Waals surface area contributed by atoms with Crippen LogP contribution < -0.4 is 5.73 Å². The van der Waals surface area contributed by atoms with Gasteiger partial charge in [-0.1, -0.05) is 18.2 Å². The van der Waals surface area contributed by atoms with Crippen molar-refractivity contribution in [3.8, 4) is 0 Å². The van der Waals surface area contributed by atoms with E-state index >= 15 is 0 Å². The third-order valence-electron chi connectivity index (χ3n) is 2.39. The Balaban J connectivity index is 2.13. The lowest BCUT2D eigenvalue weighted by Gasteiger charge is -2.03. The van der Waals surface area contributed by atoms with Crippen LogP contribution in [0, 0.1) is 0 Å². The highest BCUT2D eigenvalue weighted by molar-refractivity contribution is 7.84. The molecule has 0 radical (unpaired) electrons. The van der Waals surface area contributed by atoms with Gasteiger partial charge in [-0.15, -0.1) is 0 Å². The van der Waals surface area contributed by atoms with E-state index in [9.17, 15) is 4.21 Å². The number of benzene rings is 1. The van der Waals surface area contributed by atoms with Gasteiger partial charge in [-0.3, -0.25) is 9.19 Å². The predicted octanol–water partition coefficient (Wildman–Crippen LogP) is 1.85. The van der Waals surface area contributed by atoms with Crippen LogP contribution in [0.15, 0.2) is 53.6 Å². The number of hydrogen-bond donors (Lipinski definition) is 1. The highest BCUT2D eigenvalue weighted by Crippen LogP contribution is 2.12. The third-order valence-corrected chi connectivity index (χ3v) is 3.79. The monoisotopic (exact) mass is 246 g/mol. The molecule has 2 aromatic rings. The van der Waals surface area contributed by atoms with Gasteiger partial charge in [-0.25, -0.2) is 0 Å². The van der Waals surface area contributed by atoms with E-state index in [-0.39, 0.29) is 0 Å². The average molecular weight is 246 g/mol. The molecule has 0 amide bonds. The summed E-state index contributed by atoms with van der Waals surface area (Å²) in [7, 11) is -1.01. The summed E-state index contributed by atoms with van der Waals surface area (Å²) in [6.07, 6.45) is 1.71. The van der Waals surface area contributed by atoms with Crippen molar-refractivity contribution in [3.63, 3.8) is 0 Å². The van der Waals surface area contributed by atoms with E-state index < -0.39 is 10.8 Å². The standard InChI is InChI=1S/C13H14N2OS/c14-9-12-8-11(6-7-15-12)10-17(16)13-4-2-1-3-5-13/h1-8H,9-10,14H2. The second-order valence-corrected chi connectivity index (χ2v) is 5.11. The van der Waals surface area contributed by atoms with Gasteiger partial charge in [0, 0.05) is 17.6 Å². The quantitative estimate of drug-likeness (QED) is 0.895. The summed E-state index contributed by atoms with van der Waals surface area (Å²) in [5, 5.41) is 0. The molecule has 0 bridgehead atoms. The lowest BCUT2D eigenvalue weighted by atomic mass is 10.2. The molecule has 0 aliphatic rings. The van der Waals surface area contributed by atoms with Crippen molar-refractivity contribution in [3.05, 3.63) is 59.9 Å². The Morgan fingerprint density at radius 2 is 1.94 bits per heavy atom. The molecule has 0 saturated carbocycles. The van der Waals surface area contributed by atoms with E-state index in [0.29, 0.717) is 12.3 Å². The van der Waals surface area contributed by atoms with Crippen LogP contribution in [0.1, 0.15) is 11.3 Å². The molecule has 2 rings (SSSR count). The number of nitrogens with two attached hydrogens (primary N) is 1. The van der Waals surface area contributed by atoms with Crippen LogP contribution in [-0.4, -0.2) is 9.19 Å². The minimum absolute atomic E-state index is 0.409. The Labute approximate surface area is 103 Å². The first-order chi connectivity index (χ1) is 8.29. The molecule has 4 heteroatoms. The van der Waals surface area contributed by atoms with Crippen molar-refractivity contribution < 1.29 is 4.21 Å². The molecule has 0 saturated heterocycles. The Kier molecular flexibility index (Phi) is 4.01. The first kappa shape index (κ1) is 12.0. The highest BCUT2D eigenvalue weighted by Gasteiger charge is 2.05. The first-order valence-corrected chi connectivity index (χ1v) is 6.69. The van der Waals surface area contributed by atoms with Crippen LogP contribution in [0.4, 0.5) is 0 Å². The highest BCUT2D eigenvalue weighted by atomic mass is 32.2. The third kappa shape index (κ3) is 3.22. The Morgan fingerprint density at radius 3 is 2.65 bits per heavy atom. The summed E-state index contributed by atoms with van der Waals surface area (Å²) >= 11 is 0. The zero-order valence-corrected chi connectivity index (χ0v) is 10.2. The van der Waals surface area contributed by atoms with Crippen molar-refractivity contribution in [1.29, 1.82) is 0 Å². The molecule has 1 heterocycles.